The van der Waals surface area contributed by atoms with Gasteiger partial charge in [-0.15, -0.1) is 0 Å². The number of hydrogen-bond acceptors (Lipinski definition) is 5. The van der Waals surface area contributed by atoms with Crippen LogP contribution in [0.1, 0.15) is 11.1 Å². The predicted octanol–water partition coefficient (Wildman–Crippen LogP) is 3.30. The van der Waals surface area contributed by atoms with Crippen LogP contribution >= 0.6 is 0 Å². The predicted molar refractivity (Wildman–Crippen MR) is 88.9 cm³/mol. The van der Waals surface area contributed by atoms with Gasteiger partial charge in [0.25, 0.3) is 0 Å². The second-order valence-corrected chi connectivity index (χ2v) is 5.71. The van der Waals surface area contributed by atoms with Crippen molar-refractivity contribution < 1.29 is 9.47 Å². The minimum Gasteiger partial charge on any atom is -0.454 e. The lowest BCUT2D eigenvalue weighted by Crippen LogP contribution is -2.18. The maximum atomic E-state index is 5.45. The molecule has 0 unspecified atom stereocenters. The molecule has 1 aliphatic rings. The van der Waals surface area contributed by atoms with E-state index in [1.54, 1.807) is 6.33 Å². The molecule has 0 aliphatic carbocycles. The smallest absolute Gasteiger partial charge is 0.231 e. The number of fused-ring (bicyclic) bond motifs is 2. The van der Waals surface area contributed by atoms with Gasteiger partial charge in [0.05, 0.1) is 5.52 Å². The topological polar surface area (TPSA) is 47.5 Å². The highest BCUT2D eigenvalue weighted by atomic mass is 16.7. The summed E-state index contributed by atoms with van der Waals surface area (Å²) in [5, 5.41) is 1.07. The number of hydrogen-bond donors (Lipinski definition) is 0. The Morgan fingerprint density at radius 3 is 2.87 bits per heavy atom. The number of anilines is 1. The molecule has 23 heavy (non-hydrogen) atoms. The van der Waals surface area contributed by atoms with E-state index in [0.29, 0.717) is 6.79 Å². The molecule has 116 valence electrons. The molecule has 1 aromatic heterocycles. The lowest BCUT2D eigenvalue weighted by molar-refractivity contribution is 0.174. The second-order valence-electron chi connectivity index (χ2n) is 5.71. The molecule has 3 aromatic rings. The number of nitrogens with zero attached hydrogens (tertiary/aromatic N) is 3. The van der Waals surface area contributed by atoms with E-state index in [9.17, 15) is 0 Å². The van der Waals surface area contributed by atoms with Crippen LogP contribution in [0.4, 0.5) is 5.82 Å². The average molecular weight is 307 g/mol. The van der Waals surface area contributed by atoms with Gasteiger partial charge in [0.1, 0.15) is 12.1 Å². The standard InChI is InChI=1S/C18H17N3O2/c1-12-4-3-5-14-17(12)19-10-20-18(14)21(2)9-13-6-7-15-16(8-13)23-11-22-15/h3-8,10H,9,11H2,1-2H3. The van der Waals surface area contributed by atoms with Crippen molar-refractivity contribution in [3.8, 4) is 11.5 Å². The van der Waals surface area contributed by atoms with Gasteiger partial charge in [0.15, 0.2) is 11.5 Å². The molecule has 0 spiro atoms. The van der Waals surface area contributed by atoms with Gasteiger partial charge in [-0.05, 0) is 36.2 Å². The first-order valence-corrected chi connectivity index (χ1v) is 7.52. The van der Waals surface area contributed by atoms with Gasteiger partial charge in [-0.1, -0.05) is 18.2 Å². The van der Waals surface area contributed by atoms with E-state index in [2.05, 4.69) is 40.0 Å². The van der Waals surface area contributed by atoms with Crippen LogP contribution in [0.5, 0.6) is 11.5 Å². The quantitative estimate of drug-likeness (QED) is 0.743. The van der Waals surface area contributed by atoms with Gasteiger partial charge in [0, 0.05) is 19.0 Å². The van der Waals surface area contributed by atoms with Gasteiger partial charge >= 0.3 is 0 Å². The Morgan fingerprint density at radius 2 is 1.96 bits per heavy atom. The molecular formula is C18H17N3O2. The van der Waals surface area contributed by atoms with Gasteiger partial charge in [-0.2, -0.15) is 0 Å². The van der Waals surface area contributed by atoms with Crippen LogP contribution in [-0.4, -0.2) is 23.8 Å². The SMILES string of the molecule is Cc1cccc2c(N(C)Cc3ccc4c(c3)OCO4)ncnc12. The first-order chi connectivity index (χ1) is 11.2. The molecule has 4 rings (SSSR count). The van der Waals surface area contributed by atoms with Gasteiger partial charge in [-0.3, -0.25) is 0 Å². The van der Waals surface area contributed by atoms with Crippen molar-refractivity contribution in [2.24, 2.45) is 0 Å². The zero-order valence-electron chi connectivity index (χ0n) is 13.1. The van der Waals surface area contributed by atoms with Crippen molar-refractivity contribution in [2.75, 3.05) is 18.7 Å². The fraction of sp³-hybridized carbons (Fsp3) is 0.222. The van der Waals surface area contributed by atoms with Gasteiger partial charge in [0.2, 0.25) is 6.79 Å². The summed E-state index contributed by atoms with van der Waals surface area (Å²) in [5.74, 6) is 2.54. The molecule has 5 nitrogen and oxygen atoms in total. The first-order valence-electron chi connectivity index (χ1n) is 7.52. The van der Waals surface area contributed by atoms with E-state index in [-0.39, 0.29) is 0 Å². The summed E-state index contributed by atoms with van der Waals surface area (Å²) in [4.78, 5) is 11.0. The van der Waals surface area contributed by atoms with E-state index in [1.807, 2.05) is 25.2 Å². The van der Waals surface area contributed by atoms with Crippen LogP contribution in [0, 0.1) is 6.92 Å². The van der Waals surface area contributed by atoms with Crippen LogP contribution < -0.4 is 14.4 Å². The molecule has 0 fully saturated rings. The monoisotopic (exact) mass is 307 g/mol. The van der Waals surface area contributed by atoms with Crippen LogP contribution in [0.2, 0.25) is 0 Å². The normalized spacial score (nSPS) is 12.6. The largest absolute Gasteiger partial charge is 0.454 e. The zero-order chi connectivity index (χ0) is 15.8. The van der Waals surface area contributed by atoms with Crippen molar-refractivity contribution in [1.29, 1.82) is 0 Å². The summed E-state index contributed by atoms with van der Waals surface area (Å²) in [6, 6.07) is 12.2. The first kappa shape index (κ1) is 13.8. The molecule has 0 saturated carbocycles. The van der Waals surface area contributed by atoms with Crippen molar-refractivity contribution >= 4 is 16.7 Å². The molecule has 5 heteroatoms. The molecule has 0 bridgehead atoms. The molecule has 2 heterocycles. The highest BCUT2D eigenvalue weighted by Gasteiger charge is 2.15. The van der Waals surface area contributed by atoms with Crippen molar-refractivity contribution in [1.82, 2.24) is 9.97 Å². The number of rotatable bonds is 3. The average Bonchev–Trinajstić information content (AvgIpc) is 3.02. The molecule has 2 aromatic carbocycles. The Bertz CT molecular complexity index is 879. The highest BCUT2D eigenvalue weighted by molar-refractivity contribution is 5.91. The summed E-state index contributed by atoms with van der Waals surface area (Å²) in [6.07, 6.45) is 1.63. The Labute approximate surface area is 134 Å². The number of benzene rings is 2. The molecule has 0 saturated heterocycles. The zero-order valence-corrected chi connectivity index (χ0v) is 13.1. The van der Waals surface area contributed by atoms with E-state index in [4.69, 9.17) is 9.47 Å². The summed E-state index contributed by atoms with van der Waals surface area (Å²) < 4.78 is 10.8. The van der Waals surface area contributed by atoms with E-state index < -0.39 is 0 Å². The maximum absolute atomic E-state index is 5.45. The molecule has 1 aliphatic heterocycles. The molecular weight excluding hydrogens is 290 g/mol. The van der Waals surface area contributed by atoms with Crippen molar-refractivity contribution in [2.45, 2.75) is 13.5 Å². The van der Waals surface area contributed by atoms with E-state index in [0.717, 1.165) is 45.9 Å². The Morgan fingerprint density at radius 1 is 1.09 bits per heavy atom. The molecule has 0 amide bonds. The van der Waals surface area contributed by atoms with Gasteiger partial charge < -0.3 is 14.4 Å². The summed E-state index contributed by atoms with van der Waals surface area (Å²) in [7, 11) is 2.04. The third-order valence-electron chi connectivity index (χ3n) is 4.06. The highest BCUT2D eigenvalue weighted by Crippen LogP contribution is 2.33. The minimum absolute atomic E-state index is 0.296. The number of para-hydroxylation sites is 1. The van der Waals surface area contributed by atoms with E-state index >= 15 is 0 Å². The van der Waals surface area contributed by atoms with Gasteiger partial charge in [-0.25, -0.2) is 9.97 Å². The Hall–Kier alpha value is -2.82. The Kier molecular flexibility index (Phi) is 3.26. The fourth-order valence-corrected chi connectivity index (χ4v) is 2.91. The number of ether oxygens (including phenoxy) is 2. The maximum Gasteiger partial charge on any atom is 0.231 e. The molecule has 0 N–H and O–H groups in total. The lowest BCUT2D eigenvalue weighted by atomic mass is 10.1. The Balaban J connectivity index is 1.67. The summed E-state index contributed by atoms with van der Waals surface area (Å²) >= 11 is 0. The van der Waals surface area contributed by atoms with Crippen LogP contribution in [0.15, 0.2) is 42.7 Å². The van der Waals surface area contributed by atoms with Crippen molar-refractivity contribution in [3.05, 3.63) is 53.9 Å². The van der Waals surface area contributed by atoms with E-state index in [1.165, 1.54) is 0 Å². The lowest BCUT2D eigenvalue weighted by Gasteiger charge is -2.20. The molecule has 0 radical (unpaired) electrons. The van der Waals surface area contributed by atoms with Crippen LogP contribution in [0.3, 0.4) is 0 Å². The van der Waals surface area contributed by atoms with Crippen LogP contribution in [-0.2, 0) is 6.54 Å². The third kappa shape index (κ3) is 2.44. The third-order valence-corrected chi connectivity index (χ3v) is 4.06. The van der Waals surface area contributed by atoms with Crippen molar-refractivity contribution in [3.63, 3.8) is 0 Å². The summed E-state index contributed by atoms with van der Waals surface area (Å²) in [5.41, 5.74) is 3.30. The number of aryl methyl sites for hydroxylation is 1. The van der Waals surface area contributed by atoms with Crippen LogP contribution in [0.25, 0.3) is 10.9 Å². The number of aromatic nitrogens is 2. The minimum atomic E-state index is 0.296. The molecule has 0 atom stereocenters. The summed E-state index contributed by atoms with van der Waals surface area (Å²) in [6.45, 7) is 3.10. The fourth-order valence-electron chi connectivity index (χ4n) is 2.91. The second kappa shape index (κ2) is 5.43.